The summed E-state index contributed by atoms with van der Waals surface area (Å²) in [6.07, 6.45) is 0. The molecule has 0 fully saturated rings. The molecule has 0 aliphatic heterocycles. The van der Waals surface area contributed by atoms with Crippen molar-refractivity contribution in [3.63, 3.8) is 0 Å². The van der Waals surface area contributed by atoms with Crippen LogP contribution in [-0.2, 0) is 4.79 Å². The van der Waals surface area contributed by atoms with Crippen LogP contribution in [0.3, 0.4) is 0 Å². The molecule has 0 aliphatic carbocycles. The quantitative estimate of drug-likeness (QED) is 0.638. The molecule has 0 radical (unpaired) electrons. The summed E-state index contributed by atoms with van der Waals surface area (Å²) < 4.78 is 5.58. The molecule has 0 aliphatic rings. The van der Waals surface area contributed by atoms with E-state index in [1.807, 2.05) is 67.8 Å². The van der Waals surface area contributed by atoms with Crippen LogP contribution in [0.15, 0.2) is 53.9 Å². The van der Waals surface area contributed by atoms with E-state index in [2.05, 4.69) is 11.1 Å². The SMILES string of the molecule is Cc1ccc(-c2csc(C(C#N)C(=O)COc3ccccc3C)n2)cc1. The number of nitriles is 1. The van der Waals surface area contributed by atoms with Crippen LogP contribution in [0.2, 0.25) is 0 Å². The first-order valence-corrected chi connectivity index (χ1v) is 9.09. The number of nitrogens with zero attached hydrogens (tertiary/aromatic N) is 2. The Balaban J connectivity index is 1.72. The van der Waals surface area contributed by atoms with Gasteiger partial charge in [0.05, 0.1) is 11.8 Å². The van der Waals surface area contributed by atoms with Gasteiger partial charge in [-0.2, -0.15) is 5.26 Å². The molecule has 5 heteroatoms. The van der Waals surface area contributed by atoms with E-state index in [-0.39, 0.29) is 12.4 Å². The van der Waals surface area contributed by atoms with E-state index in [1.54, 1.807) is 0 Å². The topological polar surface area (TPSA) is 63.0 Å². The summed E-state index contributed by atoms with van der Waals surface area (Å²) in [5.74, 6) is -0.555. The molecule has 3 aromatic rings. The lowest BCUT2D eigenvalue weighted by Gasteiger charge is -2.09. The molecule has 26 heavy (non-hydrogen) atoms. The smallest absolute Gasteiger partial charge is 0.194 e. The van der Waals surface area contributed by atoms with Crippen molar-refractivity contribution in [3.05, 3.63) is 70.0 Å². The summed E-state index contributed by atoms with van der Waals surface area (Å²) in [7, 11) is 0. The maximum atomic E-state index is 12.5. The van der Waals surface area contributed by atoms with Gasteiger partial charge in [0, 0.05) is 10.9 Å². The van der Waals surface area contributed by atoms with E-state index in [4.69, 9.17) is 4.74 Å². The molecule has 1 unspecified atom stereocenters. The molecule has 4 nitrogen and oxygen atoms in total. The molecule has 130 valence electrons. The fourth-order valence-electron chi connectivity index (χ4n) is 2.49. The predicted molar refractivity (Wildman–Crippen MR) is 102 cm³/mol. The molecule has 0 spiro atoms. The lowest BCUT2D eigenvalue weighted by atomic mass is 10.1. The molecule has 3 rings (SSSR count). The van der Waals surface area contributed by atoms with Crippen molar-refractivity contribution in [3.8, 4) is 23.1 Å². The average molecular weight is 362 g/mol. The molecule has 1 atom stereocenters. The number of rotatable bonds is 6. The highest BCUT2D eigenvalue weighted by Gasteiger charge is 2.24. The molecule has 1 heterocycles. The molecule has 0 bridgehead atoms. The fraction of sp³-hybridized carbons (Fsp3) is 0.190. The third kappa shape index (κ3) is 3.98. The maximum Gasteiger partial charge on any atom is 0.194 e. The van der Waals surface area contributed by atoms with Crippen LogP contribution in [0, 0.1) is 25.2 Å². The van der Waals surface area contributed by atoms with Crippen molar-refractivity contribution in [1.29, 1.82) is 5.26 Å². The second-order valence-corrected chi connectivity index (χ2v) is 6.91. The number of para-hydroxylation sites is 1. The second kappa shape index (κ2) is 7.94. The molecular formula is C21H18N2O2S. The van der Waals surface area contributed by atoms with Crippen molar-refractivity contribution in [2.45, 2.75) is 19.8 Å². The second-order valence-electron chi connectivity index (χ2n) is 6.02. The summed E-state index contributed by atoms with van der Waals surface area (Å²) in [5, 5.41) is 11.8. The summed E-state index contributed by atoms with van der Waals surface area (Å²) >= 11 is 1.32. The van der Waals surface area contributed by atoms with E-state index in [1.165, 1.54) is 16.9 Å². The highest BCUT2D eigenvalue weighted by molar-refractivity contribution is 7.10. The molecule has 0 saturated carbocycles. The Labute approximate surface area is 156 Å². The number of ketones is 1. The van der Waals surface area contributed by atoms with Gasteiger partial charge in [0.2, 0.25) is 0 Å². The van der Waals surface area contributed by atoms with E-state index < -0.39 is 5.92 Å². The van der Waals surface area contributed by atoms with Gasteiger partial charge >= 0.3 is 0 Å². The summed E-state index contributed by atoms with van der Waals surface area (Å²) in [5.41, 5.74) is 3.86. The monoisotopic (exact) mass is 362 g/mol. The van der Waals surface area contributed by atoms with Gasteiger partial charge in [-0.05, 0) is 25.5 Å². The molecular weight excluding hydrogens is 344 g/mol. The lowest BCUT2D eigenvalue weighted by molar-refractivity contribution is -0.121. The average Bonchev–Trinajstić information content (AvgIpc) is 3.12. The minimum absolute atomic E-state index is 0.150. The number of thiazole rings is 1. The molecule has 0 N–H and O–H groups in total. The zero-order valence-electron chi connectivity index (χ0n) is 14.6. The third-order valence-electron chi connectivity index (χ3n) is 4.03. The Morgan fingerprint density at radius 3 is 2.62 bits per heavy atom. The minimum atomic E-state index is -0.914. The predicted octanol–water partition coefficient (Wildman–Crippen LogP) is 4.68. The number of benzene rings is 2. The fourth-order valence-corrected chi connectivity index (χ4v) is 3.39. The van der Waals surface area contributed by atoms with Crippen LogP contribution in [0.4, 0.5) is 0 Å². The van der Waals surface area contributed by atoms with Gasteiger partial charge in [0.1, 0.15) is 17.4 Å². The van der Waals surface area contributed by atoms with Crippen LogP contribution in [-0.4, -0.2) is 17.4 Å². The minimum Gasteiger partial charge on any atom is -0.485 e. The first-order chi connectivity index (χ1) is 12.6. The van der Waals surface area contributed by atoms with Gasteiger partial charge < -0.3 is 4.74 Å². The number of carbonyl (C=O) groups excluding carboxylic acids is 1. The number of carbonyl (C=O) groups is 1. The van der Waals surface area contributed by atoms with Crippen LogP contribution in [0.5, 0.6) is 5.75 Å². The Hall–Kier alpha value is -2.97. The van der Waals surface area contributed by atoms with Crippen molar-refractivity contribution in [2.75, 3.05) is 6.61 Å². The van der Waals surface area contributed by atoms with E-state index in [0.717, 1.165) is 16.8 Å². The first-order valence-electron chi connectivity index (χ1n) is 8.21. The largest absolute Gasteiger partial charge is 0.485 e. The third-order valence-corrected chi connectivity index (χ3v) is 4.94. The van der Waals surface area contributed by atoms with E-state index >= 15 is 0 Å². The number of aryl methyl sites for hydroxylation is 2. The van der Waals surface area contributed by atoms with Gasteiger partial charge in [-0.3, -0.25) is 4.79 Å². The standard InChI is InChI=1S/C21H18N2O2S/c1-14-7-9-16(10-8-14)18-13-26-21(23-18)17(11-22)19(24)12-25-20-6-4-3-5-15(20)2/h3-10,13,17H,12H2,1-2H3. The van der Waals surface area contributed by atoms with Crippen LogP contribution >= 0.6 is 11.3 Å². The van der Waals surface area contributed by atoms with Gasteiger partial charge in [0.25, 0.3) is 0 Å². The van der Waals surface area contributed by atoms with E-state index in [9.17, 15) is 10.1 Å². The summed E-state index contributed by atoms with van der Waals surface area (Å²) in [6.45, 7) is 3.79. The van der Waals surface area contributed by atoms with Crippen LogP contribution < -0.4 is 4.74 Å². The lowest BCUT2D eigenvalue weighted by Crippen LogP contribution is -2.19. The van der Waals surface area contributed by atoms with Crippen molar-refractivity contribution >= 4 is 17.1 Å². The zero-order chi connectivity index (χ0) is 18.5. The summed E-state index contributed by atoms with van der Waals surface area (Å²) in [4.78, 5) is 17.0. The number of hydrogen-bond donors (Lipinski definition) is 0. The Morgan fingerprint density at radius 2 is 1.92 bits per heavy atom. The normalized spacial score (nSPS) is 11.6. The van der Waals surface area contributed by atoms with Gasteiger partial charge in [-0.25, -0.2) is 4.98 Å². The molecule has 0 amide bonds. The zero-order valence-corrected chi connectivity index (χ0v) is 15.4. The summed E-state index contributed by atoms with van der Waals surface area (Å²) in [6, 6.07) is 17.5. The van der Waals surface area contributed by atoms with Crippen molar-refractivity contribution in [2.24, 2.45) is 0 Å². The Kier molecular flexibility index (Phi) is 5.45. The molecule has 2 aromatic carbocycles. The number of aromatic nitrogens is 1. The number of hydrogen-bond acceptors (Lipinski definition) is 5. The van der Waals surface area contributed by atoms with Gasteiger partial charge in [-0.1, -0.05) is 48.0 Å². The first kappa shape index (κ1) is 17.8. The number of Topliss-reactive ketones (excluding diaryl/α,β-unsaturated/α-hetero) is 1. The highest BCUT2D eigenvalue weighted by atomic mass is 32.1. The number of ether oxygens (including phenoxy) is 1. The molecule has 1 aromatic heterocycles. The Bertz CT molecular complexity index is 955. The van der Waals surface area contributed by atoms with Crippen molar-refractivity contribution in [1.82, 2.24) is 4.98 Å². The van der Waals surface area contributed by atoms with Crippen LogP contribution in [0.25, 0.3) is 11.3 Å². The highest BCUT2D eigenvalue weighted by Crippen LogP contribution is 2.27. The van der Waals surface area contributed by atoms with Crippen molar-refractivity contribution < 1.29 is 9.53 Å². The van der Waals surface area contributed by atoms with Gasteiger partial charge in [-0.15, -0.1) is 11.3 Å². The van der Waals surface area contributed by atoms with Gasteiger partial charge in [0.15, 0.2) is 11.7 Å². The van der Waals surface area contributed by atoms with Crippen LogP contribution in [0.1, 0.15) is 22.1 Å². The molecule has 0 saturated heterocycles. The van der Waals surface area contributed by atoms with E-state index in [0.29, 0.717) is 10.8 Å². The Morgan fingerprint density at radius 1 is 1.19 bits per heavy atom. The maximum absolute atomic E-state index is 12.5.